The molecule has 5 heteroatoms. The highest BCUT2D eigenvalue weighted by molar-refractivity contribution is 6.09. The van der Waals surface area contributed by atoms with Crippen LogP contribution in [0.5, 0.6) is 0 Å². The molecule has 27 heavy (non-hydrogen) atoms. The molecule has 0 aliphatic carbocycles. The third kappa shape index (κ3) is 4.92. The lowest BCUT2D eigenvalue weighted by molar-refractivity contribution is 0.0937. The average Bonchev–Trinajstić information content (AvgIpc) is 3.24. The summed E-state index contributed by atoms with van der Waals surface area (Å²) in [6.45, 7) is 0.284. The molecule has 1 heterocycles. The molecular formula is C22H21NO4. The summed E-state index contributed by atoms with van der Waals surface area (Å²) in [5, 5.41) is 12.3. The van der Waals surface area contributed by atoms with Gasteiger partial charge in [0.25, 0.3) is 5.91 Å². The molecule has 138 valence electrons. The summed E-state index contributed by atoms with van der Waals surface area (Å²) in [6.07, 6.45) is 2.13. The van der Waals surface area contributed by atoms with Gasteiger partial charge in [0.15, 0.2) is 5.78 Å². The molecule has 2 aromatic carbocycles. The van der Waals surface area contributed by atoms with Gasteiger partial charge in [0, 0.05) is 42.2 Å². The minimum absolute atomic E-state index is 0.0501. The van der Waals surface area contributed by atoms with E-state index in [1.54, 1.807) is 48.7 Å². The van der Waals surface area contributed by atoms with E-state index < -0.39 is 0 Å². The summed E-state index contributed by atoms with van der Waals surface area (Å²) in [5.41, 5.74) is 1.61. The summed E-state index contributed by atoms with van der Waals surface area (Å²) in [6, 6.07) is 19.2. The Hall–Kier alpha value is -3.18. The van der Waals surface area contributed by atoms with Gasteiger partial charge in [-0.1, -0.05) is 42.5 Å². The second-order valence-corrected chi connectivity index (χ2v) is 6.31. The minimum atomic E-state index is -0.244. The third-order valence-corrected chi connectivity index (χ3v) is 4.32. The standard InChI is InChI=1S/C22H21NO4/c24-15-16(13-20-7-4-12-27-20)14-23-22(26)19-10-8-18(9-11-19)21(25)17-5-2-1-3-6-17/h1-12,16,24H,13-15H2,(H,23,26)/t16-/m0/s1. The Morgan fingerprint density at radius 3 is 2.19 bits per heavy atom. The normalized spacial score (nSPS) is 11.7. The van der Waals surface area contributed by atoms with E-state index in [9.17, 15) is 14.7 Å². The summed E-state index contributed by atoms with van der Waals surface area (Å²) in [4.78, 5) is 24.7. The monoisotopic (exact) mass is 363 g/mol. The van der Waals surface area contributed by atoms with E-state index in [1.807, 2.05) is 24.3 Å². The lowest BCUT2D eigenvalue weighted by Crippen LogP contribution is -2.31. The number of amides is 1. The van der Waals surface area contributed by atoms with Crippen LogP contribution < -0.4 is 5.32 Å². The van der Waals surface area contributed by atoms with Crippen molar-refractivity contribution in [1.82, 2.24) is 5.32 Å². The maximum Gasteiger partial charge on any atom is 0.251 e. The molecule has 1 amide bonds. The lowest BCUT2D eigenvalue weighted by Gasteiger charge is -2.14. The van der Waals surface area contributed by atoms with Crippen LogP contribution in [0.15, 0.2) is 77.4 Å². The van der Waals surface area contributed by atoms with Crippen molar-refractivity contribution in [3.63, 3.8) is 0 Å². The van der Waals surface area contributed by atoms with Crippen molar-refractivity contribution in [2.45, 2.75) is 6.42 Å². The van der Waals surface area contributed by atoms with Crippen LogP contribution >= 0.6 is 0 Å². The van der Waals surface area contributed by atoms with Gasteiger partial charge in [-0.2, -0.15) is 0 Å². The van der Waals surface area contributed by atoms with E-state index in [4.69, 9.17) is 4.42 Å². The van der Waals surface area contributed by atoms with Crippen LogP contribution in [-0.4, -0.2) is 29.9 Å². The number of aliphatic hydroxyl groups is 1. The van der Waals surface area contributed by atoms with E-state index in [1.165, 1.54) is 0 Å². The number of ketones is 1. The SMILES string of the molecule is O=C(NC[C@@H](CO)Cc1ccco1)c1ccc(C(=O)c2ccccc2)cc1. The molecule has 1 atom stereocenters. The van der Waals surface area contributed by atoms with Crippen molar-refractivity contribution in [3.05, 3.63) is 95.4 Å². The number of nitrogens with one attached hydrogen (secondary N) is 1. The van der Waals surface area contributed by atoms with Gasteiger partial charge in [-0.05, 0) is 24.3 Å². The molecule has 1 aromatic heterocycles. The smallest absolute Gasteiger partial charge is 0.251 e. The highest BCUT2D eigenvalue weighted by Gasteiger charge is 2.14. The Balaban J connectivity index is 1.58. The number of carbonyl (C=O) groups is 2. The van der Waals surface area contributed by atoms with Crippen LogP contribution in [0, 0.1) is 5.92 Å². The van der Waals surface area contributed by atoms with E-state index in [0.717, 1.165) is 5.76 Å². The van der Waals surface area contributed by atoms with Crippen LogP contribution in [-0.2, 0) is 6.42 Å². The molecule has 0 radical (unpaired) electrons. The number of furan rings is 1. The predicted molar refractivity (Wildman–Crippen MR) is 102 cm³/mol. The number of aliphatic hydroxyl groups excluding tert-OH is 1. The van der Waals surface area contributed by atoms with Gasteiger partial charge in [0.1, 0.15) is 5.76 Å². The molecule has 0 aliphatic heterocycles. The summed E-state index contributed by atoms with van der Waals surface area (Å²) in [5.74, 6) is 0.319. The second kappa shape index (κ2) is 8.96. The zero-order chi connectivity index (χ0) is 19.1. The molecule has 0 spiro atoms. The molecule has 3 rings (SSSR count). The zero-order valence-corrected chi connectivity index (χ0v) is 14.8. The quantitative estimate of drug-likeness (QED) is 0.603. The van der Waals surface area contributed by atoms with Gasteiger partial charge in [-0.25, -0.2) is 0 Å². The first-order valence-corrected chi connectivity index (χ1v) is 8.78. The Morgan fingerprint density at radius 2 is 1.56 bits per heavy atom. The molecule has 0 saturated heterocycles. The number of hydrogen-bond acceptors (Lipinski definition) is 4. The maximum absolute atomic E-state index is 12.4. The fraction of sp³-hybridized carbons (Fsp3) is 0.182. The molecule has 0 aliphatic rings. The second-order valence-electron chi connectivity index (χ2n) is 6.31. The minimum Gasteiger partial charge on any atom is -0.469 e. The topological polar surface area (TPSA) is 79.5 Å². The molecule has 0 bridgehead atoms. The molecule has 2 N–H and O–H groups in total. The van der Waals surface area contributed by atoms with Crippen LogP contribution in [0.25, 0.3) is 0 Å². The van der Waals surface area contributed by atoms with Gasteiger partial charge in [0.2, 0.25) is 0 Å². The lowest BCUT2D eigenvalue weighted by atomic mass is 10.0. The largest absolute Gasteiger partial charge is 0.469 e. The van der Waals surface area contributed by atoms with Crippen molar-refractivity contribution in [2.24, 2.45) is 5.92 Å². The Labute approximate surface area is 157 Å². The first-order chi connectivity index (χ1) is 13.2. The molecule has 0 saturated carbocycles. The van der Waals surface area contributed by atoms with Gasteiger partial charge in [0.05, 0.1) is 6.26 Å². The van der Waals surface area contributed by atoms with Crippen LogP contribution in [0.1, 0.15) is 32.0 Å². The van der Waals surface area contributed by atoms with Gasteiger partial charge >= 0.3 is 0 Å². The van der Waals surface area contributed by atoms with Crippen molar-refractivity contribution < 1.29 is 19.1 Å². The van der Waals surface area contributed by atoms with E-state index >= 15 is 0 Å². The number of hydrogen-bond donors (Lipinski definition) is 2. The molecule has 0 fully saturated rings. The molecule has 0 unspecified atom stereocenters. The average molecular weight is 363 g/mol. The molecule has 3 aromatic rings. The third-order valence-electron chi connectivity index (χ3n) is 4.32. The Kier molecular flexibility index (Phi) is 6.18. The maximum atomic E-state index is 12.4. The van der Waals surface area contributed by atoms with E-state index in [2.05, 4.69) is 5.32 Å². The first-order valence-electron chi connectivity index (χ1n) is 8.78. The fourth-order valence-electron chi connectivity index (χ4n) is 2.78. The zero-order valence-electron chi connectivity index (χ0n) is 14.8. The predicted octanol–water partition coefficient (Wildman–Crippen LogP) is 3.09. The van der Waals surface area contributed by atoms with Crippen molar-refractivity contribution >= 4 is 11.7 Å². The molecular weight excluding hydrogens is 342 g/mol. The highest BCUT2D eigenvalue weighted by atomic mass is 16.3. The highest BCUT2D eigenvalue weighted by Crippen LogP contribution is 2.12. The summed E-state index contributed by atoms with van der Waals surface area (Å²) < 4.78 is 5.27. The summed E-state index contributed by atoms with van der Waals surface area (Å²) >= 11 is 0. The van der Waals surface area contributed by atoms with Crippen molar-refractivity contribution in [3.8, 4) is 0 Å². The van der Waals surface area contributed by atoms with Crippen LogP contribution in [0.3, 0.4) is 0 Å². The van der Waals surface area contributed by atoms with Crippen molar-refractivity contribution in [1.29, 1.82) is 0 Å². The number of rotatable bonds is 8. The van der Waals surface area contributed by atoms with Crippen LogP contribution in [0.2, 0.25) is 0 Å². The first kappa shape index (κ1) is 18.6. The van der Waals surface area contributed by atoms with Gasteiger partial charge < -0.3 is 14.8 Å². The van der Waals surface area contributed by atoms with E-state index in [-0.39, 0.29) is 24.2 Å². The van der Waals surface area contributed by atoms with Gasteiger partial charge in [-0.15, -0.1) is 0 Å². The van der Waals surface area contributed by atoms with Gasteiger partial charge in [-0.3, -0.25) is 9.59 Å². The number of benzene rings is 2. The Morgan fingerprint density at radius 1 is 0.889 bits per heavy atom. The molecule has 5 nitrogen and oxygen atoms in total. The van der Waals surface area contributed by atoms with Crippen molar-refractivity contribution in [2.75, 3.05) is 13.2 Å². The van der Waals surface area contributed by atoms with Crippen LogP contribution in [0.4, 0.5) is 0 Å². The Bertz CT molecular complexity index is 870. The van der Waals surface area contributed by atoms with E-state index in [0.29, 0.717) is 29.7 Å². The number of carbonyl (C=O) groups excluding carboxylic acids is 2. The fourth-order valence-corrected chi connectivity index (χ4v) is 2.78. The summed E-state index contributed by atoms with van der Waals surface area (Å²) in [7, 11) is 0.